The highest BCUT2D eigenvalue weighted by Gasteiger charge is 2.28. The second-order valence-electron chi connectivity index (χ2n) is 17.6. The van der Waals surface area contributed by atoms with Crippen LogP contribution in [0.25, 0.3) is 131 Å². The Labute approximate surface area is 381 Å². The SMILES string of the molecule is C1=C(c2ccc3c(c2)c2c4ccccc4ccc2n3-c2ccccc2)CCc2c1c1ccc3c4ccc5ccccc5c4oc3c1n2-c1nc(-c2ccccc2)c2sc3ccccc3c2n1. The zero-order valence-corrected chi connectivity index (χ0v) is 36.3. The van der Waals surface area contributed by atoms with Gasteiger partial charge in [0.25, 0.3) is 0 Å². The van der Waals surface area contributed by atoms with E-state index in [-0.39, 0.29) is 0 Å². The lowest BCUT2D eigenvalue weighted by atomic mass is 9.90. The quantitative estimate of drug-likeness (QED) is 0.177. The topological polar surface area (TPSA) is 48.8 Å². The molecule has 1 aliphatic carbocycles. The Balaban J connectivity index is 1.02. The number of para-hydroxylation sites is 1. The Hall–Kier alpha value is -8.32. The van der Waals surface area contributed by atoms with Crippen molar-refractivity contribution in [1.29, 1.82) is 0 Å². The number of fused-ring (bicyclic) bond motifs is 17. The molecule has 0 amide bonds. The molecule has 6 heteroatoms. The van der Waals surface area contributed by atoms with Crippen molar-refractivity contribution in [3.63, 3.8) is 0 Å². The standard InChI is InChI=1S/C60H36N4OS/c1-3-15-37(16-4-1)54-59-55(46-21-11-12-22-52(46)66-59)62-60(61-54)64-49-30-25-38(33-47(49)43-28-29-45-44-27-23-36-14-8-10-20-42(36)57(44)65-58(45)56(43)64)39-26-31-50-48(34-39)53-41-19-9-7-13-35(41)24-32-51(53)63(50)40-17-5-2-6-18-40/h1-24,26-29,31-34H,25,30H2. The van der Waals surface area contributed by atoms with Crippen LogP contribution in [0.3, 0.4) is 0 Å². The van der Waals surface area contributed by atoms with Crippen LogP contribution in [0.2, 0.25) is 0 Å². The first kappa shape index (κ1) is 36.1. The van der Waals surface area contributed by atoms with E-state index in [9.17, 15) is 0 Å². The summed E-state index contributed by atoms with van der Waals surface area (Å²) in [6.07, 6.45) is 4.10. The molecule has 0 saturated heterocycles. The average molecular weight is 861 g/mol. The molecule has 66 heavy (non-hydrogen) atoms. The van der Waals surface area contributed by atoms with Crippen LogP contribution in [0.5, 0.6) is 0 Å². The largest absolute Gasteiger partial charge is 0.453 e. The third-order valence-corrected chi connectivity index (χ3v) is 15.2. The number of aromatic nitrogens is 4. The lowest BCUT2D eigenvalue weighted by Gasteiger charge is -2.18. The monoisotopic (exact) mass is 860 g/mol. The number of allylic oxidation sites excluding steroid dienone is 1. The molecule has 308 valence electrons. The summed E-state index contributed by atoms with van der Waals surface area (Å²) in [5.41, 5.74) is 14.2. The molecule has 5 heterocycles. The molecule has 0 saturated carbocycles. The summed E-state index contributed by atoms with van der Waals surface area (Å²) in [4.78, 5) is 11.1. The van der Waals surface area contributed by atoms with E-state index in [0.29, 0.717) is 5.95 Å². The first-order valence-electron chi connectivity index (χ1n) is 22.6. The lowest BCUT2D eigenvalue weighted by molar-refractivity contribution is 0.673. The molecular weight excluding hydrogens is 825 g/mol. The van der Waals surface area contributed by atoms with Crippen molar-refractivity contribution in [3.05, 3.63) is 205 Å². The fourth-order valence-corrected chi connectivity index (χ4v) is 12.2. The van der Waals surface area contributed by atoms with Crippen LogP contribution in [-0.2, 0) is 6.42 Å². The van der Waals surface area contributed by atoms with Crippen LogP contribution >= 0.6 is 11.3 Å². The van der Waals surface area contributed by atoms with Gasteiger partial charge in [0.1, 0.15) is 11.1 Å². The summed E-state index contributed by atoms with van der Waals surface area (Å²) in [7, 11) is 0. The van der Waals surface area contributed by atoms with Crippen molar-refractivity contribution in [2.24, 2.45) is 0 Å². The first-order chi connectivity index (χ1) is 32.7. The fourth-order valence-electron chi connectivity index (χ4n) is 11.1. The Kier molecular flexibility index (Phi) is 7.43. The summed E-state index contributed by atoms with van der Waals surface area (Å²) in [6, 6.07) is 67.8. The predicted molar refractivity (Wildman–Crippen MR) is 276 cm³/mol. The van der Waals surface area contributed by atoms with Crippen molar-refractivity contribution in [2.45, 2.75) is 12.8 Å². The van der Waals surface area contributed by atoms with E-state index >= 15 is 0 Å². The summed E-state index contributed by atoms with van der Waals surface area (Å²) in [6.45, 7) is 0. The number of thiophene rings is 1. The van der Waals surface area contributed by atoms with Crippen LogP contribution in [0.15, 0.2) is 192 Å². The van der Waals surface area contributed by atoms with E-state index < -0.39 is 0 Å². The Morgan fingerprint density at radius 3 is 2.03 bits per heavy atom. The molecule has 0 radical (unpaired) electrons. The fraction of sp³-hybridized carbons (Fsp3) is 0.0333. The van der Waals surface area contributed by atoms with Gasteiger partial charge in [0, 0.05) is 64.9 Å². The van der Waals surface area contributed by atoms with E-state index in [1.54, 1.807) is 11.3 Å². The van der Waals surface area contributed by atoms with Crippen molar-refractivity contribution in [3.8, 4) is 22.9 Å². The van der Waals surface area contributed by atoms with Gasteiger partial charge in [0.2, 0.25) is 5.95 Å². The van der Waals surface area contributed by atoms with Crippen LogP contribution in [0, 0.1) is 0 Å². The molecule has 0 bridgehead atoms. The van der Waals surface area contributed by atoms with Gasteiger partial charge >= 0.3 is 0 Å². The normalized spacial score (nSPS) is 13.1. The maximum Gasteiger partial charge on any atom is 0.235 e. The molecule has 0 fully saturated rings. The second-order valence-corrected chi connectivity index (χ2v) is 18.6. The van der Waals surface area contributed by atoms with Gasteiger partial charge in [-0.1, -0.05) is 140 Å². The number of rotatable bonds is 4. The third-order valence-electron chi connectivity index (χ3n) is 14.0. The van der Waals surface area contributed by atoms with E-state index in [2.05, 4.69) is 203 Å². The minimum Gasteiger partial charge on any atom is -0.453 e. The minimum absolute atomic E-state index is 0.660. The van der Waals surface area contributed by atoms with E-state index in [1.807, 2.05) is 0 Å². The number of furan rings is 1. The van der Waals surface area contributed by atoms with Gasteiger partial charge in [-0.25, -0.2) is 9.97 Å². The van der Waals surface area contributed by atoms with Gasteiger partial charge < -0.3 is 8.98 Å². The van der Waals surface area contributed by atoms with Crippen LogP contribution in [0.4, 0.5) is 0 Å². The van der Waals surface area contributed by atoms with Crippen LogP contribution in [-0.4, -0.2) is 19.1 Å². The highest BCUT2D eigenvalue weighted by Crippen LogP contribution is 2.46. The number of nitrogens with zero attached hydrogens (tertiary/aromatic N) is 4. The van der Waals surface area contributed by atoms with Gasteiger partial charge in [-0.3, -0.25) is 4.57 Å². The van der Waals surface area contributed by atoms with Crippen LogP contribution in [0.1, 0.15) is 23.2 Å². The molecule has 5 nitrogen and oxygen atoms in total. The second kappa shape index (κ2) is 13.6. The Morgan fingerprint density at radius 1 is 0.485 bits per heavy atom. The predicted octanol–water partition coefficient (Wildman–Crippen LogP) is 16.2. The number of hydrogen-bond acceptors (Lipinski definition) is 4. The first-order valence-corrected chi connectivity index (χ1v) is 23.4. The maximum atomic E-state index is 7.15. The van der Waals surface area contributed by atoms with E-state index in [0.717, 1.165) is 89.0 Å². The molecule has 9 aromatic carbocycles. The molecule has 0 atom stereocenters. The molecule has 0 aliphatic heterocycles. The average Bonchev–Trinajstić information content (AvgIpc) is 4.14. The van der Waals surface area contributed by atoms with Gasteiger partial charge in [-0.15, -0.1) is 11.3 Å². The summed E-state index contributed by atoms with van der Waals surface area (Å²) < 4.78 is 14.2. The minimum atomic E-state index is 0.660. The van der Waals surface area contributed by atoms with E-state index in [1.165, 1.54) is 59.7 Å². The molecule has 0 N–H and O–H groups in total. The molecule has 14 aromatic rings. The zero-order valence-electron chi connectivity index (χ0n) is 35.5. The van der Waals surface area contributed by atoms with Crippen molar-refractivity contribution < 1.29 is 4.42 Å². The van der Waals surface area contributed by atoms with Gasteiger partial charge in [-0.05, 0) is 94.7 Å². The summed E-state index contributed by atoms with van der Waals surface area (Å²) >= 11 is 1.76. The zero-order chi connectivity index (χ0) is 43.0. The maximum absolute atomic E-state index is 7.15. The Bertz CT molecular complexity index is 4400. The molecule has 1 aliphatic rings. The highest BCUT2D eigenvalue weighted by atomic mass is 32.1. The third kappa shape index (κ3) is 5.04. The van der Waals surface area contributed by atoms with Crippen molar-refractivity contribution in [1.82, 2.24) is 19.1 Å². The molecular formula is C60H36N4OS. The molecule has 15 rings (SSSR count). The summed E-state index contributed by atoms with van der Waals surface area (Å²) in [5, 5.41) is 11.8. The van der Waals surface area contributed by atoms with Crippen molar-refractivity contribution >= 4 is 119 Å². The highest BCUT2D eigenvalue weighted by molar-refractivity contribution is 7.26. The Morgan fingerprint density at radius 2 is 1.17 bits per heavy atom. The number of hydrogen-bond donors (Lipinski definition) is 0. The van der Waals surface area contributed by atoms with Crippen molar-refractivity contribution in [2.75, 3.05) is 0 Å². The van der Waals surface area contributed by atoms with Gasteiger partial charge in [0.15, 0.2) is 5.58 Å². The number of benzene rings is 9. The molecule has 5 aromatic heterocycles. The molecule has 0 spiro atoms. The van der Waals surface area contributed by atoms with Gasteiger partial charge in [0.05, 0.1) is 26.9 Å². The van der Waals surface area contributed by atoms with Gasteiger partial charge in [-0.2, -0.15) is 0 Å². The smallest absolute Gasteiger partial charge is 0.235 e. The summed E-state index contributed by atoms with van der Waals surface area (Å²) in [5.74, 6) is 0.660. The van der Waals surface area contributed by atoms with E-state index in [4.69, 9.17) is 14.4 Å². The van der Waals surface area contributed by atoms with Crippen LogP contribution < -0.4 is 0 Å². The molecule has 0 unspecified atom stereocenters. The lowest BCUT2D eigenvalue weighted by Crippen LogP contribution is -2.09.